The Bertz CT molecular complexity index is 1240. The third kappa shape index (κ3) is 3.37. The minimum Gasteiger partial charge on any atom is -0.398 e. The molecule has 1 aliphatic rings. The van der Waals surface area contributed by atoms with E-state index in [-0.39, 0.29) is 24.6 Å². The van der Waals surface area contributed by atoms with Crippen LogP contribution in [-0.2, 0) is 13.1 Å². The molecule has 1 amide bonds. The van der Waals surface area contributed by atoms with E-state index < -0.39 is 12.7 Å². The number of rotatable bonds is 4. The van der Waals surface area contributed by atoms with E-state index in [1.807, 2.05) is 6.07 Å². The summed E-state index contributed by atoms with van der Waals surface area (Å²) in [7, 11) is 0. The summed E-state index contributed by atoms with van der Waals surface area (Å²) in [6.45, 7) is 2.74. The number of aromatic nitrogens is 2. The lowest BCUT2D eigenvalue weighted by molar-refractivity contribution is -0.141. The predicted molar refractivity (Wildman–Crippen MR) is 105 cm³/mol. The fourth-order valence-electron chi connectivity index (χ4n) is 3.70. The Labute approximate surface area is 169 Å². The van der Waals surface area contributed by atoms with Gasteiger partial charge in [0.2, 0.25) is 0 Å². The van der Waals surface area contributed by atoms with Crippen molar-refractivity contribution in [1.29, 1.82) is 5.26 Å². The Morgan fingerprint density at radius 2 is 2.07 bits per heavy atom. The van der Waals surface area contributed by atoms with Crippen LogP contribution in [0, 0.1) is 11.3 Å². The zero-order valence-electron chi connectivity index (χ0n) is 15.7. The zero-order valence-corrected chi connectivity index (χ0v) is 15.7. The highest BCUT2D eigenvalue weighted by Crippen LogP contribution is 2.37. The molecule has 4 rings (SSSR count). The number of nitrogens with two attached hydrogens (primary N) is 1. The van der Waals surface area contributed by atoms with Gasteiger partial charge in [0.05, 0.1) is 29.9 Å². The van der Waals surface area contributed by atoms with Crippen LogP contribution in [0.25, 0.3) is 22.0 Å². The van der Waals surface area contributed by atoms with Crippen molar-refractivity contribution in [3.8, 4) is 17.2 Å². The van der Waals surface area contributed by atoms with Crippen molar-refractivity contribution in [2.75, 3.05) is 12.3 Å². The number of halogens is 3. The second kappa shape index (κ2) is 6.91. The van der Waals surface area contributed by atoms with Crippen LogP contribution in [0.5, 0.6) is 0 Å². The van der Waals surface area contributed by atoms with Crippen molar-refractivity contribution in [2.24, 2.45) is 0 Å². The first-order chi connectivity index (χ1) is 14.2. The molecule has 3 aromatic rings. The van der Waals surface area contributed by atoms with Crippen molar-refractivity contribution in [3.63, 3.8) is 0 Å². The minimum atomic E-state index is -4.40. The van der Waals surface area contributed by atoms with Gasteiger partial charge in [-0.3, -0.25) is 9.48 Å². The van der Waals surface area contributed by atoms with Crippen LogP contribution >= 0.6 is 0 Å². The van der Waals surface area contributed by atoms with Crippen LogP contribution in [0.1, 0.15) is 15.9 Å². The van der Waals surface area contributed by atoms with Crippen molar-refractivity contribution in [1.82, 2.24) is 14.7 Å². The van der Waals surface area contributed by atoms with Crippen molar-refractivity contribution < 1.29 is 18.0 Å². The number of hydrogen-bond donors (Lipinski definition) is 1. The van der Waals surface area contributed by atoms with Crippen molar-refractivity contribution in [3.05, 3.63) is 59.8 Å². The molecule has 30 heavy (non-hydrogen) atoms. The van der Waals surface area contributed by atoms with Gasteiger partial charge in [-0.15, -0.1) is 0 Å². The molecule has 0 atom stereocenters. The van der Waals surface area contributed by atoms with E-state index in [9.17, 15) is 18.0 Å². The number of carbonyl (C=O) groups is 1. The number of fused-ring (bicyclic) bond motifs is 2. The Kier molecular flexibility index (Phi) is 4.50. The van der Waals surface area contributed by atoms with Gasteiger partial charge in [-0.05, 0) is 28.8 Å². The number of nitrogens with zero attached hydrogens (tertiary/aromatic N) is 4. The summed E-state index contributed by atoms with van der Waals surface area (Å²) in [5, 5.41) is 13.4. The van der Waals surface area contributed by atoms with Crippen molar-refractivity contribution >= 4 is 22.5 Å². The van der Waals surface area contributed by atoms with E-state index in [1.54, 1.807) is 30.3 Å². The third-order valence-electron chi connectivity index (χ3n) is 5.02. The average molecular weight is 411 g/mol. The maximum Gasteiger partial charge on any atom is 0.408 e. The quantitative estimate of drug-likeness (QED) is 0.521. The first-order valence-electron chi connectivity index (χ1n) is 8.99. The van der Waals surface area contributed by atoms with E-state index in [2.05, 4.69) is 11.7 Å². The summed E-state index contributed by atoms with van der Waals surface area (Å²) in [5.41, 5.74) is 9.29. The fourth-order valence-corrected chi connectivity index (χ4v) is 3.70. The zero-order chi connectivity index (χ0) is 21.6. The molecular weight excluding hydrogens is 395 g/mol. The molecule has 0 fully saturated rings. The maximum atomic E-state index is 12.9. The lowest BCUT2D eigenvalue weighted by Gasteiger charge is -2.14. The van der Waals surface area contributed by atoms with Gasteiger partial charge in [-0.1, -0.05) is 24.8 Å². The number of carbonyl (C=O) groups excluding carboxylic acids is 1. The molecule has 0 bridgehead atoms. The van der Waals surface area contributed by atoms with E-state index in [0.29, 0.717) is 38.8 Å². The predicted octanol–water partition coefficient (Wildman–Crippen LogP) is 3.88. The van der Waals surface area contributed by atoms with Gasteiger partial charge < -0.3 is 10.6 Å². The van der Waals surface area contributed by atoms with Gasteiger partial charge in [-0.2, -0.15) is 23.5 Å². The monoisotopic (exact) mass is 411 g/mol. The molecular formula is C21H16F3N5O. The van der Waals surface area contributed by atoms with E-state index >= 15 is 0 Å². The second-order valence-corrected chi connectivity index (χ2v) is 7.12. The molecule has 0 unspecified atom stereocenters. The lowest BCUT2D eigenvalue weighted by atomic mass is 9.95. The highest BCUT2D eigenvalue weighted by Gasteiger charge is 2.32. The molecule has 0 saturated heterocycles. The summed E-state index contributed by atoms with van der Waals surface area (Å²) in [5.74, 6) is -0.302. The van der Waals surface area contributed by atoms with Crippen molar-refractivity contribution in [2.45, 2.75) is 19.3 Å². The highest BCUT2D eigenvalue weighted by atomic mass is 19.4. The lowest BCUT2D eigenvalue weighted by Crippen LogP contribution is -2.26. The highest BCUT2D eigenvalue weighted by molar-refractivity contribution is 6.05. The van der Waals surface area contributed by atoms with Gasteiger partial charge in [0.15, 0.2) is 0 Å². The SMILES string of the molecule is C=C(C#N)CN1Cc2c(-c3ccc4cnn(CC(F)(F)F)c4c3)ccc(N)c2C1=O. The fraction of sp³-hybridized carbons (Fsp3) is 0.190. The number of nitrogen functional groups attached to an aromatic ring is 1. The second-order valence-electron chi connectivity index (χ2n) is 7.12. The molecule has 0 spiro atoms. The Morgan fingerprint density at radius 3 is 2.77 bits per heavy atom. The Morgan fingerprint density at radius 1 is 1.30 bits per heavy atom. The summed E-state index contributed by atoms with van der Waals surface area (Å²) in [4.78, 5) is 14.3. The summed E-state index contributed by atoms with van der Waals surface area (Å²) in [6, 6.07) is 10.4. The first-order valence-corrected chi connectivity index (χ1v) is 8.99. The third-order valence-corrected chi connectivity index (χ3v) is 5.02. The number of nitriles is 1. The molecule has 1 aromatic heterocycles. The number of alkyl halides is 3. The largest absolute Gasteiger partial charge is 0.408 e. The van der Waals surface area contributed by atoms with Gasteiger partial charge in [0.25, 0.3) is 5.91 Å². The molecule has 6 nitrogen and oxygen atoms in total. The number of amides is 1. The molecule has 9 heteroatoms. The molecule has 2 N–H and O–H groups in total. The van der Waals surface area contributed by atoms with Gasteiger partial charge in [0.1, 0.15) is 6.54 Å². The summed E-state index contributed by atoms with van der Waals surface area (Å²) < 4.78 is 39.5. The summed E-state index contributed by atoms with van der Waals surface area (Å²) in [6.07, 6.45) is -3.01. The van der Waals surface area contributed by atoms with Crippen LogP contribution in [0.4, 0.5) is 18.9 Å². The topological polar surface area (TPSA) is 87.9 Å². The summed E-state index contributed by atoms with van der Waals surface area (Å²) >= 11 is 0. The smallest absolute Gasteiger partial charge is 0.398 e. The van der Waals surface area contributed by atoms with Crippen LogP contribution in [0.15, 0.2) is 48.7 Å². The first kappa shape index (κ1) is 19.5. The molecule has 0 radical (unpaired) electrons. The van der Waals surface area contributed by atoms with Crippen LogP contribution < -0.4 is 5.73 Å². The molecule has 2 aromatic carbocycles. The van der Waals surface area contributed by atoms with Crippen LogP contribution in [0.3, 0.4) is 0 Å². The number of hydrogen-bond acceptors (Lipinski definition) is 4. The van der Waals surface area contributed by atoms with E-state index in [1.165, 1.54) is 11.1 Å². The Hall–Kier alpha value is -3.80. The molecule has 0 aliphatic carbocycles. The van der Waals surface area contributed by atoms with Gasteiger partial charge >= 0.3 is 6.18 Å². The number of benzene rings is 2. The standard InChI is InChI=1S/C21H16F3N5O/c1-12(7-25)9-28-10-16-15(4-5-17(26)19(16)20(28)30)13-2-3-14-8-27-29(18(14)6-13)11-21(22,23)24/h2-6,8H,1,9-11,26H2. The number of anilines is 1. The Balaban J connectivity index is 1.79. The van der Waals surface area contributed by atoms with Crippen LogP contribution in [-0.4, -0.2) is 33.3 Å². The van der Waals surface area contributed by atoms with E-state index in [0.717, 1.165) is 4.68 Å². The minimum absolute atomic E-state index is 0.0836. The van der Waals surface area contributed by atoms with E-state index in [4.69, 9.17) is 11.0 Å². The van der Waals surface area contributed by atoms with Gasteiger partial charge in [-0.25, -0.2) is 0 Å². The van der Waals surface area contributed by atoms with Crippen LogP contribution in [0.2, 0.25) is 0 Å². The molecule has 152 valence electrons. The van der Waals surface area contributed by atoms with Gasteiger partial charge in [0, 0.05) is 23.2 Å². The normalized spacial score (nSPS) is 13.5. The molecule has 2 heterocycles. The average Bonchev–Trinajstić information content (AvgIpc) is 3.22. The molecule has 0 saturated carbocycles. The maximum absolute atomic E-state index is 12.9. The molecule has 1 aliphatic heterocycles.